The molecule has 16 heavy (non-hydrogen) atoms. The van der Waals surface area contributed by atoms with E-state index in [0.29, 0.717) is 24.1 Å². The molecule has 0 aliphatic heterocycles. The van der Waals surface area contributed by atoms with Crippen molar-refractivity contribution in [3.63, 3.8) is 0 Å². The van der Waals surface area contributed by atoms with Crippen LogP contribution in [0.2, 0.25) is 0 Å². The minimum Gasteiger partial charge on any atom is -0.481 e. The molecule has 1 aliphatic rings. The van der Waals surface area contributed by atoms with Gasteiger partial charge in [-0.3, -0.25) is 4.79 Å². The summed E-state index contributed by atoms with van der Waals surface area (Å²) in [4.78, 5) is 21.8. The summed E-state index contributed by atoms with van der Waals surface area (Å²) in [7, 11) is 0. The van der Waals surface area contributed by atoms with Crippen molar-refractivity contribution >= 4 is 17.7 Å². The lowest BCUT2D eigenvalue weighted by atomic mass is 9.96. The molecule has 4 N–H and O–H groups in total. The monoisotopic (exact) mass is 220 g/mol. The van der Waals surface area contributed by atoms with E-state index in [0.717, 1.165) is 0 Å². The molecule has 0 bridgehead atoms. The van der Waals surface area contributed by atoms with Crippen molar-refractivity contribution in [1.82, 2.24) is 0 Å². The van der Waals surface area contributed by atoms with Crippen molar-refractivity contribution in [2.24, 2.45) is 5.73 Å². The number of carbonyl (C=O) groups is 2. The van der Waals surface area contributed by atoms with Gasteiger partial charge in [0.25, 0.3) is 0 Å². The number of hydrogen-bond donors (Lipinski definition) is 3. The zero-order valence-electron chi connectivity index (χ0n) is 8.56. The average Bonchev–Trinajstić information content (AvgIpc) is 2.97. The van der Waals surface area contributed by atoms with E-state index in [9.17, 15) is 9.59 Å². The molecule has 0 atom stereocenters. The quantitative estimate of drug-likeness (QED) is 0.716. The largest absolute Gasteiger partial charge is 0.481 e. The van der Waals surface area contributed by atoms with Gasteiger partial charge >= 0.3 is 12.0 Å². The van der Waals surface area contributed by atoms with E-state index in [2.05, 4.69) is 5.32 Å². The number of primary amides is 1. The van der Waals surface area contributed by atoms with Crippen LogP contribution in [-0.2, 0) is 10.2 Å². The van der Waals surface area contributed by atoms with Crippen LogP contribution >= 0.6 is 0 Å². The number of carboxylic acid groups (broad SMARTS) is 1. The summed E-state index contributed by atoms with van der Waals surface area (Å²) in [5.41, 5.74) is 5.48. The van der Waals surface area contributed by atoms with Crippen LogP contribution in [0.15, 0.2) is 24.3 Å². The van der Waals surface area contributed by atoms with E-state index in [1.54, 1.807) is 24.3 Å². The summed E-state index contributed by atoms with van der Waals surface area (Å²) in [6.07, 6.45) is 1.28. The molecule has 2 amide bonds. The van der Waals surface area contributed by atoms with Gasteiger partial charge in [0.15, 0.2) is 0 Å². The van der Waals surface area contributed by atoms with Crippen molar-refractivity contribution in [3.05, 3.63) is 29.8 Å². The zero-order chi connectivity index (χ0) is 11.8. The standard InChI is InChI=1S/C11H12N2O3/c12-10(16)13-8-3-1-2-7(6-8)11(4-5-11)9(14)15/h1-3,6H,4-5H2,(H,14,15)(H3,12,13,16). The van der Waals surface area contributed by atoms with Gasteiger partial charge < -0.3 is 16.2 Å². The van der Waals surface area contributed by atoms with Gasteiger partial charge in [0.1, 0.15) is 0 Å². The lowest BCUT2D eigenvalue weighted by Crippen LogP contribution is -2.21. The first-order valence-electron chi connectivity index (χ1n) is 4.95. The molecule has 1 aliphatic carbocycles. The molecular formula is C11H12N2O3. The first kappa shape index (κ1) is 10.5. The SMILES string of the molecule is NC(=O)Nc1cccc(C2(C(=O)O)CC2)c1. The highest BCUT2D eigenvalue weighted by Crippen LogP contribution is 2.48. The molecule has 1 saturated carbocycles. The maximum absolute atomic E-state index is 11.1. The second-order valence-corrected chi connectivity index (χ2v) is 3.96. The number of carbonyl (C=O) groups excluding carboxylic acids is 1. The Kier molecular flexibility index (Phi) is 2.30. The second kappa shape index (κ2) is 3.52. The number of rotatable bonds is 3. The number of hydrogen-bond acceptors (Lipinski definition) is 2. The van der Waals surface area contributed by atoms with Crippen LogP contribution < -0.4 is 11.1 Å². The number of anilines is 1. The van der Waals surface area contributed by atoms with E-state index in [-0.39, 0.29) is 0 Å². The maximum atomic E-state index is 11.1. The number of aliphatic carboxylic acids is 1. The molecular weight excluding hydrogens is 208 g/mol. The van der Waals surface area contributed by atoms with Crippen LogP contribution in [0.3, 0.4) is 0 Å². The molecule has 5 nitrogen and oxygen atoms in total. The summed E-state index contributed by atoms with van der Waals surface area (Å²) in [5.74, 6) is -0.816. The van der Waals surface area contributed by atoms with Crippen LogP contribution in [0.25, 0.3) is 0 Å². The third-order valence-corrected chi connectivity index (χ3v) is 2.84. The molecule has 84 valence electrons. The van der Waals surface area contributed by atoms with Crippen LogP contribution in [-0.4, -0.2) is 17.1 Å². The summed E-state index contributed by atoms with van der Waals surface area (Å²) in [6, 6.07) is 6.15. The molecule has 5 heteroatoms. The predicted molar refractivity (Wildman–Crippen MR) is 58.2 cm³/mol. The van der Waals surface area contributed by atoms with E-state index < -0.39 is 17.4 Å². The Balaban J connectivity index is 2.29. The highest BCUT2D eigenvalue weighted by molar-refractivity contribution is 5.89. The number of benzene rings is 1. The Bertz CT molecular complexity index is 452. The van der Waals surface area contributed by atoms with E-state index in [4.69, 9.17) is 10.8 Å². The molecule has 1 fully saturated rings. The van der Waals surface area contributed by atoms with Gasteiger partial charge in [-0.05, 0) is 30.5 Å². The van der Waals surface area contributed by atoms with Crippen molar-refractivity contribution in [3.8, 4) is 0 Å². The fourth-order valence-corrected chi connectivity index (χ4v) is 1.79. The molecule has 1 aromatic rings. The molecule has 0 unspecified atom stereocenters. The van der Waals surface area contributed by atoms with Crippen molar-refractivity contribution in [1.29, 1.82) is 0 Å². The maximum Gasteiger partial charge on any atom is 0.316 e. The topological polar surface area (TPSA) is 92.4 Å². The van der Waals surface area contributed by atoms with E-state index in [1.165, 1.54) is 0 Å². The molecule has 1 aromatic carbocycles. The summed E-state index contributed by atoms with van der Waals surface area (Å²) < 4.78 is 0. The fourth-order valence-electron chi connectivity index (χ4n) is 1.79. The second-order valence-electron chi connectivity index (χ2n) is 3.96. The molecule has 0 heterocycles. The lowest BCUT2D eigenvalue weighted by molar-refractivity contribution is -0.140. The third-order valence-electron chi connectivity index (χ3n) is 2.84. The Hall–Kier alpha value is -2.04. The molecule has 0 saturated heterocycles. The van der Waals surface area contributed by atoms with Gasteiger partial charge in [-0.1, -0.05) is 12.1 Å². The first-order valence-corrected chi connectivity index (χ1v) is 4.95. The van der Waals surface area contributed by atoms with Crippen molar-refractivity contribution in [2.45, 2.75) is 18.3 Å². The first-order chi connectivity index (χ1) is 7.54. The lowest BCUT2D eigenvalue weighted by Gasteiger charge is -2.11. The summed E-state index contributed by atoms with van der Waals surface area (Å²) in [6.45, 7) is 0. The van der Waals surface area contributed by atoms with Crippen LogP contribution in [0.4, 0.5) is 10.5 Å². The van der Waals surface area contributed by atoms with Gasteiger partial charge in [0.2, 0.25) is 0 Å². The van der Waals surface area contributed by atoms with Crippen LogP contribution in [0.1, 0.15) is 18.4 Å². The molecule has 0 aromatic heterocycles. The van der Waals surface area contributed by atoms with Gasteiger partial charge in [-0.25, -0.2) is 4.79 Å². The van der Waals surface area contributed by atoms with Crippen LogP contribution in [0.5, 0.6) is 0 Å². The Morgan fingerprint density at radius 3 is 2.56 bits per heavy atom. The van der Waals surface area contributed by atoms with Gasteiger partial charge in [0, 0.05) is 5.69 Å². The molecule has 2 rings (SSSR count). The van der Waals surface area contributed by atoms with Crippen molar-refractivity contribution < 1.29 is 14.7 Å². The number of urea groups is 1. The average molecular weight is 220 g/mol. The van der Waals surface area contributed by atoms with Crippen LogP contribution in [0, 0.1) is 0 Å². The number of carboxylic acids is 1. The minimum atomic E-state index is -0.816. The Labute approximate surface area is 92.3 Å². The van der Waals surface area contributed by atoms with Crippen molar-refractivity contribution in [2.75, 3.05) is 5.32 Å². The highest BCUT2D eigenvalue weighted by atomic mass is 16.4. The predicted octanol–water partition coefficient (Wildman–Crippen LogP) is 1.29. The molecule has 0 radical (unpaired) electrons. The molecule has 0 spiro atoms. The van der Waals surface area contributed by atoms with Gasteiger partial charge in [-0.15, -0.1) is 0 Å². The van der Waals surface area contributed by atoms with Gasteiger partial charge in [0.05, 0.1) is 5.41 Å². The normalized spacial score (nSPS) is 16.5. The Morgan fingerprint density at radius 2 is 2.06 bits per heavy atom. The summed E-state index contributed by atoms with van der Waals surface area (Å²) in [5, 5.41) is 11.5. The third kappa shape index (κ3) is 1.71. The zero-order valence-corrected chi connectivity index (χ0v) is 8.56. The van der Waals surface area contributed by atoms with E-state index in [1.807, 2.05) is 0 Å². The van der Waals surface area contributed by atoms with Gasteiger partial charge in [-0.2, -0.15) is 0 Å². The number of amides is 2. The van der Waals surface area contributed by atoms with E-state index >= 15 is 0 Å². The Morgan fingerprint density at radius 1 is 1.38 bits per heavy atom. The minimum absolute atomic E-state index is 0.525. The number of nitrogens with two attached hydrogens (primary N) is 1. The smallest absolute Gasteiger partial charge is 0.316 e. The highest BCUT2D eigenvalue weighted by Gasteiger charge is 2.51. The fraction of sp³-hybridized carbons (Fsp3) is 0.273. The number of nitrogens with one attached hydrogen (secondary N) is 1. The summed E-state index contributed by atoms with van der Waals surface area (Å²) >= 11 is 0.